The SMILES string of the molecule is CO[C@@H](N)C(C)O. The normalized spacial score (nSPS) is 18.9. The van der Waals surface area contributed by atoms with Crippen LogP contribution in [0.25, 0.3) is 0 Å². The van der Waals surface area contributed by atoms with Crippen molar-refractivity contribution in [3.8, 4) is 0 Å². The van der Waals surface area contributed by atoms with E-state index < -0.39 is 12.3 Å². The molecule has 44 valence electrons. The topological polar surface area (TPSA) is 55.5 Å². The molecule has 0 aliphatic rings. The number of methoxy groups -OCH3 is 1. The van der Waals surface area contributed by atoms with Crippen molar-refractivity contribution in [2.75, 3.05) is 7.11 Å². The molecule has 7 heavy (non-hydrogen) atoms. The van der Waals surface area contributed by atoms with E-state index in [-0.39, 0.29) is 0 Å². The monoisotopic (exact) mass is 105 g/mol. The van der Waals surface area contributed by atoms with Gasteiger partial charge in [0, 0.05) is 7.11 Å². The summed E-state index contributed by atoms with van der Waals surface area (Å²) in [7, 11) is 1.46. The molecule has 0 aromatic carbocycles. The molecule has 0 spiro atoms. The van der Waals surface area contributed by atoms with Crippen LogP contribution in [0.5, 0.6) is 0 Å². The van der Waals surface area contributed by atoms with E-state index in [0.29, 0.717) is 0 Å². The van der Waals surface area contributed by atoms with Gasteiger partial charge in [0.25, 0.3) is 0 Å². The molecule has 0 heterocycles. The van der Waals surface area contributed by atoms with Crippen molar-refractivity contribution in [3.05, 3.63) is 0 Å². The Labute approximate surface area is 43.1 Å². The predicted octanol–water partition coefficient (Wildman–Crippen LogP) is -0.702. The standard InChI is InChI=1S/C4H11NO2/c1-3(6)4(5)7-2/h3-4,6H,5H2,1-2H3/t3?,4-/m1/s1. The number of nitrogens with two attached hydrogens (primary N) is 1. The Hall–Kier alpha value is -0.120. The van der Waals surface area contributed by atoms with Crippen LogP contribution in [0.3, 0.4) is 0 Å². The average Bonchev–Trinajstić information content (AvgIpc) is 1.65. The fourth-order valence-corrected chi connectivity index (χ4v) is 0.197. The van der Waals surface area contributed by atoms with Gasteiger partial charge in [-0.2, -0.15) is 0 Å². The van der Waals surface area contributed by atoms with Gasteiger partial charge in [0.2, 0.25) is 0 Å². The number of aliphatic hydroxyl groups is 1. The summed E-state index contributed by atoms with van der Waals surface area (Å²) in [5.41, 5.74) is 5.14. The summed E-state index contributed by atoms with van der Waals surface area (Å²) < 4.78 is 4.54. The maximum absolute atomic E-state index is 8.57. The van der Waals surface area contributed by atoms with E-state index in [0.717, 1.165) is 0 Å². The number of aliphatic hydroxyl groups excluding tert-OH is 1. The highest BCUT2D eigenvalue weighted by atomic mass is 16.5. The van der Waals surface area contributed by atoms with Crippen LogP contribution in [-0.2, 0) is 4.74 Å². The van der Waals surface area contributed by atoms with Gasteiger partial charge in [0.05, 0.1) is 6.10 Å². The molecule has 2 atom stereocenters. The van der Waals surface area contributed by atoms with Crippen molar-refractivity contribution < 1.29 is 9.84 Å². The summed E-state index contributed by atoms with van der Waals surface area (Å²) >= 11 is 0. The van der Waals surface area contributed by atoms with Crippen LogP contribution in [0.2, 0.25) is 0 Å². The van der Waals surface area contributed by atoms with Gasteiger partial charge < -0.3 is 15.6 Å². The second-order valence-electron chi connectivity index (χ2n) is 1.44. The zero-order valence-corrected chi connectivity index (χ0v) is 4.59. The van der Waals surface area contributed by atoms with Crippen molar-refractivity contribution in [2.24, 2.45) is 5.73 Å². The zero-order chi connectivity index (χ0) is 5.86. The second-order valence-corrected chi connectivity index (χ2v) is 1.44. The average molecular weight is 105 g/mol. The van der Waals surface area contributed by atoms with E-state index in [1.165, 1.54) is 7.11 Å². The molecule has 0 amide bonds. The molecule has 0 aromatic heterocycles. The minimum atomic E-state index is -0.579. The quantitative estimate of drug-likeness (QED) is 0.456. The lowest BCUT2D eigenvalue weighted by Gasteiger charge is -2.10. The van der Waals surface area contributed by atoms with E-state index in [2.05, 4.69) is 4.74 Å². The van der Waals surface area contributed by atoms with Gasteiger partial charge in [-0.15, -0.1) is 0 Å². The zero-order valence-electron chi connectivity index (χ0n) is 4.59. The third kappa shape index (κ3) is 2.56. The minimum absolute atomic E-state index is 0.542. The maximum atomic E-state index is 8.57. The molecule has 3 heteroatoms. The van der Waals surface area contributed by atoms with Crippen molar-refractivity contribution in [1.82, 2.24) is 0 Å². The van der Waals surface area contributed by atoms with Crippen LogP contribution >= 0.6 is 0 Å². The molecule has 0 saturated heterocycles. The minimum Gasteiger partial charge on any atom is -0.389 e. The van der Waals surface area contributed by atoms with E-state index in [4.69, 9.17) is 10.8 Å². The molecule has 3 nitrogen and oxygen atoms in total. The highest BCUT2D eigenvalue weighted by molar-refractivity contribution is 4.51. The summed E-state index contributed by atoms with van der Waals surface area (Å²) in [6.07, 6.45) is -1.12. The van der Waals surface area contributed by atoms with Crippen LogP contribution in [0.15, 0.2) is 0 Å². The molecular formula is C4H11NO2. The fourth-order valence-electron chi connectivity index (χ4n) is 0.197. The number of hydrogen-bond donors (Lipinski definition) is 2. The lowest BCUT2D eigenvalue weighted by Crippen LogP contribution is -2.33. The van der Waals surface area contributed by atoms with Crippen LogP contribution in [0.1, 0.15) is 6.92 Å². The van der Waals surface area contributed by atoms with E-state index in [1.54, 1.807) is 6.92 Å². The number of rotatable bonds is 2. The third-order valence-corrected chi connectivity index (χ3v) is 0.748. The van der Waals surface area contributed by atoms with Gasteiger partial charge in [-0.25, -0.2) is 0 Å². The number of ether oxygens (including phenoxy) is 1. The summed E-state index contributed by atoms with van der Waals surface area (Å²) in [4.78, 5) is 0. The highest BCUT2D eigenvalue weighted by Gasteiger charge is 2.04. The molecule has 0 aliphatic heterocycles. The molecule has 0 rings (SSSR count). The van der Waals surface area contributed by atoms with E-state index in [1.807, 2.05) is 0 Å². The summed E-state index contributed by atoms with van der Waals surface area (Å²) in [5, 5.41) is 8.57. The first-order chi connectivity index (χ1) is 3.18. The molecule has 0 fully saturated rings. The summed E-state index contributed by atoms with van der Waals surface area (Å²) in [6, 6.07) is 0. The van der Waals surface area contributed by atoms with Gasteiger partial charge >= 0.3 is 0 Å². The van der Waals surface area contributed by atoms with Crippen molar-refractivity contribution in [1.29, 1.82) is 0 Å². The Balaban J connectivity index is 3.14. The maximum Gasteiger partial charge on any atom is 0.131 e. The van der Waals surface area contributed by atoms with E-state index in [9.17, 15) is 0 Å². The molecule has 0 aliphatic carbocycles. The molecule has 1 unspecified atom stereocenters. The first kappa shape index (κ1) is 6.88. The Kier molecular flexibility index (Phi) is 2.91. The first-order valence-electron chi connectivity index (χ1n) is 2.15. The molecule has 0 radical (unpaired) electrons. The van der Waals surface area contributed by atoms with Crippen LogP contribution in [0.4, 0.5) is 0 Å². The Morgan fingerprint density at radius 2 is 2.14 bits per heavy atom. The van der Waals surface area contributed by atoms with Crippen molar-refractivity contribution >= 4 is 0 Å². The Morgan fingerprint density at radius 1 is 1.71 bits per heavy atom. The largest absolute Gasteiger partial charge is 0.389 e. The van der Waals surface area contributed by atoms with Crippen molar-refractivity contribution in [3.63, 3.8) is 0 Å². The van der Waals surface area contributed by atoms with Gasteiger partial charge in [0.1, 0.15) is 6.23 Å². The smallest absolute Gasteiger partial charge is 0.131 e. The van der Waals surface area contributed by atoms with Gasteiger partial charge in [0.15, 0.2) is 0 Å². The van der Waals surface area contributed by atoms with Gasteiger partial charge in [-0.05, 0) is 6.92 Å². The Morgan fingerprint density at radius 3 is 2.14 bits per heavy atom. The van der Waals surface area contributed by atoms with Gasteiger partial charge in [-0.3, -0.25) is 0 Å². The summed E-state index contributed by atoms with van der Waals surface area (Å²) in [6.45, 7) is 1.58. The van der Waals surface area contributed by atoms with Crippen LogP contribution in [0, 0.1) is 0 Å². The van der Waals surface area contributed by atoms with Gasteiger partial charge in [-0.1, -0.05) is 0 Å². The lowest BCUT2D eigenvalue weighted by atomic mass is 10.4. The molecule has 0 bridgehead atoms. The molecule has 0 aromatic rings. The summed E-state index contributed by atoms with van der Waals surface area (Å²) in [5.74, 6) is 0. The molecule has 0 saturated carbocycles. The number of hydrogen-bond acceptors (Lipinski definition) is 3. The lowest BCUT2D eigenvalue weighted by molar-refractivity contribution is 0.00230. The van der Waals surface area contributed by atoms with Crippen LogP contribution in [-0.4, -0.2) is 24.5 Å². The second kappa shape index (κ2) is 2.96. The molecule has 3 N–H and O–H groups in total. The van der Waals surface area contributed by atoms with Crippen molar-refractivity contribution in [2.45, 2.75) is 19.3 Å². The Bertz CT molecular complexity index is 47.0. The fraction of sp³-hybridized carbons (Fsp3) is 1.00. The van der Waals surface area contributed by atoms with Crippen LogP contribution < -0.4 is 5.73 Å². The third-order valence-electron chi connectivity index (χ3n) is 0.748. The first-order valence-corrected chi connectivity index (χ1v) is 2.15. The highest BCUT2D eigenvalue weighted by Crippen LogP contribution is 1.85. The molecular weight excluding hydrogens is 94.0 g/mol. The van der Waals surface area contributed by atoms with E-state index >= 15 is 0 Å². The predicted molar refractivity (Wildman–Crippen MR) is 26.7 cm³/mol.